The molecule has 0 saturated carbocycles. The summed E-state index contributed by atoms with van der Waals surface area (Å²) in [6.07, 6.45) is 10.9. The van der Waals surface area contributed by atoms with Gasteiger partial charge < -0.3 is 4.74 Å². The van der Waals surface area contributed by atoms with Gasteiger partial charge in [0.1, 0.15) is 0 Å². The highest BCUT2D eigenvalue weighted by molar-refractivity contribution is 7.37. The van der Waals surface area contributed by atoms with Crippen LogP contribution in [0.1, 0.15) is 73.2 Å². The lowest BCUT2D eigenvalue weighted by atomic mass is 10.0. The van der Waals surface area contributed by atoms with E-state index in [1.54, 1.807) is 22.3 Å². The molecule has 1 aromatic rings. The topological polar surface area (TPSA) is 9.23 Å². The first-order chi connectivity index (χ1) is 11.2. The maximum Gasteiger partial charge on any atom is 0.0629 e. The molecule has 1 aromatic carbocycles. The van der Waals surface area contributed by atoms with Crippen LogP contribution in [0.5, 0.6) is 0 Å². The van der Waals surface area contributed by atoms with Crippen molar-refractivity contribution >= 4 is 37.6 Å². The first kappa shape index (κ1) is 19.8. The van der Waals surface area contributed by atoms with Gasteiger partial charge in [-0.25, -0.2) is 0 Å². The van der Waals surface area contributed by atoms with E-state index in [1.807, 2.05) is 0 Å². The molecule has 2 rings (SSSR count). The standard InChI is InChI=1S/C18H34OP2Si2/c1-3-5-7-20-11-13-9-15-16(18(23)19-17(15)22)10-14(13)12-21-8-6-4-2/h9-10,17-18,20-21H,3-8,11-12H2,1-2,22-23H3. The molecule has 1 aliphatic rings. The third kappa shape index (κ3) is 5.75. The second kappa shape index (κ2) is 10.5. The van der Waals surface area contributed by atoms with Crippen LogP contribution in [0, 0.1) is 0 Å². The van der Waals surface area contributed by atoms with Crippen molar-refractivity contribution in [2.75, 3.05) is 12.3 Å². The van der Waals surface area contributed by atoms with E-state index in [4.69, 9.17) is 4.74 Å². The van der Waals surface area contributed by atoms with E-state index < -0.39 is 0 Å². The van der Waals surface area contributed by atoms with Crippen LogP contribution < -0.4 is 0 Å². The summed E-state index contributed by atoms with van der Waals surface area (Å²) >= 11 is 0. The molecule has 0 N–H and O–H groups in total. The Kier molecular flexibility index (Phi) is 9.00. The minimum atomic E-state index is 0.446. The van der Waals surface area contributed by atoms with Crippen molar-refractivity contribution in [3.05, 3.63) is 34.4 Å². The highest BCUT2D eigenvalue weighted by Crippen LogP contribution is 2.39. The van der Waals surface area contributed by atoms with E-state index in [2.05, 4.69) is 26.0 Å². The molecule has 23 heavy (non-hydrogen) atoms. The SMILES string of the molecule is CCCCPCc1cc2c(cc1CPCCCC)C([SiH3])OC2[SiH3]. The van der Waals surface area contributed by atoms with Crippen molar-refractivity contribution in [3.63, 3.8) is 0 Å². The lowest BCUT2D eigenvalue weighted by Gasteiger charge is -2.14. The number of hydrogen-bond acceptors (Lipinski definition) is 1. The minimum Gasteiger partial charge on any atom is -0.375 e. The summed E-state index contributed by atoms with van der Waals surface area (Å²) in [6.45, 7) is 4.60. The van der Waals surface area contributed by atoms with Crippen molar-refractivity contribution in [1.29, 1.82) is 0 Å². The summed E-state index contributed by atoms with van der Waals surface area (Å²) in [7, 11) is 4.46. The third-order valence-electron chi connectivity index (χ3n) is 4.73. The zero-order valence-corrected chi connectivity index (χ0v) is 21.4. The summed E-state index contributed by atoms with van der Waals surface area (Å²) < 4.78 is 6.16. The zero-order chi connectivity index (χ0) is 16.7. The fourth-order valence-corrected chi connectivity index (χ4v) is 8.38. The first-order valence-electron chi connectivity index (χ1n) is 9.39. The lowest BCUT2D eigenvalue weighted by Crippen LogP contribution is -1.99. The predicted molar refractivity (Wildman–Crippen MR) is 116 cm³/mol. The molecule has 0 bridgehead atoms. The highest BCUT2D eigenvalue weighted by Gasteiger charge is 2.26. The Morgan fingerprint density at radius 3 is 1.70 bits per heavy atom. The minimum absolute atomic E-state index is 0.446. The van der Waals surface area contributed by atoms with Crippen molar-refractivity contribution in [1.82, 2.24) is 0 Å². The monoisotopic (exact) mass is 384 g/mol. The second-order valence-corrected chi connectivity index (χ2v) is 11.5. The number of ether oxygens (including phenoxy) is 1. The Bertz CT molecular complexity index is 453. The molecule has 4 unspecified atom stereocenters. The highest BCUT2D eigenvalue weighted by atomic mass is 31.1. The van der Waals surface area contributed by atoms with Crippen LogP contribution in [-0.2, 0) is 17.1 Å². The molecule has 0 saturated heterocycles. The Morgan fingerprint density at radius 2 is 1.30 bits per heavy atom. The van der Waals surface area contributed by atoms with Crippen LogP contribution in [0.15, 0.2) is 12.1 Å². The maximum atomic E-state index is 6.16. The first-order valence-corrected chi connectivity index (χ1v) is 14.5. The number of hydrogen-bond donors (Lipinski definition) is 0. The molecule has 0 fully saturated rings. The van der Waals surface area contributed by atoms with Crippen LogP contribution in [0.4, 0.5) is 0 Å². The third-order valence-corrected chi connectivity index (χ3v) is 9.20. The number of unbranched alkanes of at least 4 members (excludes halogenated alkanes) is 2. The zero-order valence-electron chi connectivity index (χ0n) is 15.4. The molecule has 1 aliphatic heterocycles. The molecule has 1 nitrogen and oxygen atoms in total. The molecular formula is C18H34OP2Si2. The fourth-order valence-electron chi connectivity index (χ4n) is 3.26. The van der Waals surface area contributed by atoms with Crippen molar-refractivity contribution in [3.8, 4) is 0 Å². The van der Waals surface area contributed by atoms with Crippen LogP contribution in [-0.4, -0.2) is 32.8 Å². The van der Waals surface area contributed by atoms with Crippen molar-refractivity contribution in [2.45, 2.75) is 63.3 Å². The molecule has 1 heterocycles. The Hall–Kier alpha value is 0.474. The van der Waals surface area contributed by atoms with Crippen molar-refractivity contribution < 1.29 is 4.74 Å². The van der Waals surface area contributed by atoms with Gasteiger partial charge in [0.25, 0.3) is 0 Å². The van der Waals surface area contributed by atoms with E-state index in [-0.39, 0.29) is 0 Å². The van der Waals surface area contributed by atoms with Crippen LogP contribution in [0.3, 0.4) is 0 Å². The largest absolute Gasteiger partial charge is 0.375 e. The molecule has 0 aliphatic carbocycles. The summed E-state index contributed by atoms with van der Waals surface area (Å²) in [6, 6.07) is 5.09. The summed E-state index contributed by atoms with van der Waals surface area (Å²) in [5, 5.41) is 0. The average molecular weight is 385 g/mol. The van der Waals surface area contributed by atoms with Gasteiger partial charge in [0, 0.05) is 20.5 Å². The lowest BCUT2D eigenvalue weighted by molar-refractivity contribution is 0.109. The number of benzene rings is 1. The maximum absolute atomic E-state index is 6.16. The van der Waals surface area contributed by atoms with Crippen LogP contribution in [0.25, 0.3) is 0 Å². The molecule has 0 spiro atoms. The quantitative estimate of drug-likeness (QED) is 0.341. The van der Waals surface area contributed by atoms with E-state index in [0.29, 0.717) is 11.5 Å². The van der Waals surface area contributed by atoms with Gasteiger partial charge in [0.2, 0.25) is 0 Å². The van der Waals surface area contributed by atoms with Gasteiger partial charge in [-0.3, -0.25) is 0 Å². The van der Waals surface area contributed by atoms with Gasteiger partial charge >= 0.3 is 0 Å². The fraction of sp³-hybridized carbons (Fsp3) is 0.667. The van der Waals surface area contributed by atoms with E-state index in [0.717, 1.165) is 37.6 Å². The van der Waals surface area contributed by atoms with Gasteiger partial charge in [-0.1, -0.05) is 38.8 Å². The smallest absolute Gasteiger partial charge is 0.0629 e. The summed E-state index contributed by atoms with van der Waals surface area (Å²) in [4.78, 5) is 0. The number of fused-ring (bicyclic) bond motifs is 1. The molecule has 0 amide bonds. The average Bonchev–Trinajstić information content (AvgIpc) is 2.82. The Labute approximate surface area is 152 Å². The van der Waals surface area contributed by atoms with E-state index >= 15 is 0 Å². The Balaban J connectivity index is 2.10. The normalized spacial score (nSPS) is 21.3. The number of rotatable bonds is 10. The van der Waals surface area contributed by atoms with Crippen LogP contribution in [0.2, 0.25) is 0 Å². The van der Waals surface area contributed by atoms with E-state index in [1.165, 1.54) is 50.3 Å². The molecule has 0 aromatic heterocycles. The molecule has 0 radical (unpaired) electrons. The predicted octanol–water partition coefficient (Wildman–Crippen LogP) is 3.40. The Morgan fingerprint density at radius 1 is 0.870 bits per heavy atom. The summed E-state index contributed by atoms with van der Waals surface area (Å²) in [5.74, 6) is 0. The molecule has 5 heteroatoms. The van der Waals surface area contributed by atoms with Gasteiger partial charge in [0.15, 0.2) is 0 Å². The molecule has 130 valence electrons. The molecular weight excluding hydrogens is 350 g/mol. The molecule has 4 atom stereocenters. The van der Waals surface area contributed by atoms with Gasteiger partial charge in [-0.15, -0.1) is 17.2 Å². The van der Waals surface area contributed by atoms with Gasteiger partial charge in [-0.2, -0.15) is 0 Å². The van der Waals surface area contributed by atoms with Gasteiger partial charge in [-0.05, 0) is 59.7 Å². The van der Waals surface area contributed by atoms with E-state index in [9.17, 15) is 0 Å². The van der Waals surface area contributed by atoms with Crippen molar-refractivity contribution in [2.24, 2.45) is 0 Å². The summed E-state index contributed by atoms with van der Waals surface area (Å²) in [5.41, 5.74) is 7.30. The van der Waals surface area contributed by atoms with Gasteiger partial charge in [0.05, 0.1) is 11.5 Å². The van der Waals surface area contributed by atoms with Crippen LogP contribution >= 0.6 is 17.2 Å². The second-order valence-electron chi connectivity index (χ2n) is 6.73.